The molecule has 0 unspecified atom stereocenters. The Bertz CT molecular complexity index is 368. The molecular weight excluding hydrogens is 196 g/mol. The quantitative estimate of drug-likeness (QED) is 0.583. The summed E-state index contributed by atoms with van der Waals surface area (Å²) in [5.41, 5.74) is 7.23. The molecule has 0 spiro atoms. The molecule has 2 rings (SSSR count). The fraction of sp³-hybridized carbons (Fsp3) is 0.400. The van der Waals surface area contributed by atoms with Crippen molar-refractivity contribution in [2.24, 2.45) is 0 Å². The molecule has 0 amide bonds. The zero-order valence-corrected chi connectivity index (χ0v) is 8.82. The maximum Gasteiger partial charge on any atom is 0.163 e. The molecule has 82 valence electrons. The summed E-state index contributed by atoms with van der Waals surface area (Å²) < 4.78 is 10.9. The van der Waals surface area contributed by atoms with Gasteiger partial charge in [-0.3, -0.25) is 9.90 Å². The highest BCUT2D eigenvalue weighted by molar-refractivity contribution is 5.72. The van der Waals surface area contributed by atoms with Gasteiger partial charge >= 0.3 is 0 Å². The average Bonchev–Trinajstić information content (AvgIpc) is 2.27. The van der Waals surface area contributed by atoms with Gasteiger partial charge in [-0.25, -0.2) is 0 Å². The van der Waals surface area contributed by atoms with Crippen molar-refractivity contribution < 1.29 is 14.3 Å². The summed E-state index contributed by atoms with van der Waals surface area (Å²) in [7, 11) is 3.36. The minimum atomic E-state index is 0.561. The Morgan fingerprint density at radius 2 is 1.87 bits per heavy atom. The van der Waals surface area contributed by atoms with Crippen LogP contribution in [-0.2, 0) is 4.84 Å². The van der Waals surface area contributed by atoms with E-state index >= 15 is 0 Å². The number of ether oxygens (including phenoxy) is 2. The van der Waals surface area contributed by atoms with Crippen LogP contribution in [0.1, 0.15) is 0 Å². The van der Waals surface area contributed by atoms with E-state index in [4.69, 9.17) is 20.0 Å². The zero-order chi connectivity index (χ0) is 10.8. The summed E-state index contributed by atoms with van der Waals surface area (Å²) in [6.07, 6.45) is 0. The first-order valence-electron chi connectivity index (χ1n) is 4.69. The number of fused-ring (bicyclic) bond motifs is 1. The van der Waals surface area contributed by atoms with E-state index in [1.165, 1.54) is 0 Å². The molecule has 1 heterocycles. The Hall–Kier alpha value is -1.62. The van der Waals surface area contributed by atoms with Gasteiger partial charge in [-0.2, -0.15) is 0 Å². The largest absolute Gasteiger partial charge is 0.486 e. The molecule has 0 aromatic heterocycles. The first-order chi connectivity index (χ1) is 7.22. The van der Waals surface area contributed by atoms with E-state index in [1.807, 2.05) is 6.07 Å². The molecule has 5 heteroatoms. The number of hydroxylamine groups is 1. The lowest BCUT2D eigenvalue weighted by Crippen LogP contribution is -2.19. The van der Waals surface area contributed by atoms with E-state index in [9.17, 15) is 0 Å². The zero-order valence-electron chi connectivity index (χ0n) is 8.82. The van der Waals surface area contributed by atoms with E-state index in [1.54, 1.807) is 25.3 Å². The van der Waals surface area contributed by atoms with Crippen LogP contribution < -0.4 is 20.3 Å². The Morgan fingerprint density at radius 1 is 1.27 bits per heavy atom. The van der Waals surface area contributed by atoms with Crippen LogP contribution in [0.15, 0.2) is 12.1 Å². The molecule has 0 aliphatic carbocycles. The monoisotopic (exact) mass is 210 g/mol. The van der Waals surface area contributed by atoms with Gasteiger partial charge in [0.25, 0.3) is 0 Å². The molecule has 0 fully saturated rings. The van der Waals surface area contributed by atoms with E-state index in [2.05, 4.69) is 0 Å². The number of hydrogen-bond donors (Lipinski definition) is 1. The van der Waals surface area contributed by atoms with Crippen LogP contribution in [0.5, 0.6) is 11.5 Å². The summed E-state index contributed by atoms with van der Waals surface area (Å²) in [5.74, 6) is 1.39. The van der Waals surface area contributed by atoms with Crippen molar-refractivity contribution in [1.29, 1.82) is 0 Å². The third-order valence-electron chi connectivity index (χ3n) is 2.30. The van der Waals surface area contributed by atoms with Crippen LogP contribution in [-0.4, -0.2) is 27.4 Å². The lowest BCUT2D eigenvalue weighted by atomic mass is 10.2. The van der Waals surface area contributed by atoms with Gasteiger partial charge < -0.3 is 15.2 Å². The highest BCUT2D eigenvalue weighted by Crippen LogP contribution is 2.38. The normalized spacial score (nSPS) is 13.7. The number of rotatable bonds is 2. The van der Waals surface area contributed by atoms with Crippen LogP contribution >= 0.6 is 0 Å². The number of anilines is 2. The van der Waals surface area contributed by atoms with Crippen LogP contribution in [0.4, 0.5) is 11.4 Å². The van der Waals surface area contributed by atoms with Gasteiger partial charge in [-0.05, 0) is 0 Å². The van der Waals surface area contributed by atoms with Gasteiger partial charge in [-0.15, -0.1) is 0 Å². The first-order valence-corrected chi connectivity index (χ1v) is 4.69. The molecular formula is C10H14N2O3. The SMILES string of the molecule is CON(C)c1cc2c(cc1N)OCCO2. The molecule has 0 radical (unpaired) electrons. The minimum absolute atomic E-state index is 0.561. The Kier molecular flexibility index (Phi) is 2.55. The number of nitrogen functional groups attached to an aromatic ring is 1. The molecule has 1 aliphatic heterocycles. The van der Waals surface area contributed by atoms with Crippen molar-refractivity contribution in [3.63, 3.8) is 0 Å². The second-order valence-electron chi connectivity index (χ2n) is 3.23. The predicted molar refractivity (Wildman–Crippen MR) is 57.3 cm³/mol. The van der Waals surface area contributed by atoms with Crippen LogP contribution in [0.3, 0.4) is 0 Å². The van der Waals surface area contributed by atoms with Crippen LogP contribution in [0, 0.1) is 0 Å². The standard InChI is InChI=1S/C10H14N2O3/c1-12(13-2)8-6-10-9(5-7(8)11)14-3-4-15-10/h5-6H,3-4,11H2,1-2H3. The second kappa shape index (κ2) is 3.86. The number of nitrogens with zero attached hydrogens (tertiary/aromatic N) is 1. The molecule has 1 aliphatic rings. The topological polar surface area (TPSA) is 57.0 Å². The molecule has 15 heavy (non-hydrogen) atoms. The lowest BCUT2D eigenvalue weighted by molar-refractivity contribution is 0.169. The molecule has 0 saturated heterocycles. The van der Waals surface area contributed by atoms with Gasteiger partial charge in [-0.1, -0.05) is 0 Å². The van der Waals surface area contributed by atoms with Gasteiger partial charge in [0.1, 0.15) is 13.2 Å². The third kappa shape index (κ3) is 1.78. The maximum absolute atomic E-state index is 5.86. The van der Waals surface area contributed by atoms with Crippen molar-refractivity contribution in [2.45, 2.75) is 0 Å². The minimum Gasteiger partial charge on any atom is -0.486 e. The van der Waals surface area contributed by atoms with Crippen molar-refractivity contribution in [1.82, 2.24) is 0 Å². The fourth-order valence-corrected chi connectivity index (χ4v) is 1.46. The van der Waals surface area contributed by atoms with Gasteiger partial charge in [0.15, 0.2) is 11.5 Å². The van der Waals surface area contributed by atoms with Crippen molar-refractivity contribution in [3.8, 4) is 11.5 Å². The molecule has 1 aromatic carbocycles. The van der Waals surface area contributed by atoms with Gasteiger partial charge in [0.2, 0.25) is 0 Å². The van der Waals surface area contributed by atoms with Crippen molar-refractivity contribution in [3.05, 3.63) is 12.1 Å². The molecule has 2 N–H and O–H groups in total. The lowest BCUT2D eigenvalue weighted by Gasteiger charge is -2.23. The van der Waals surface area contributed by atoms with Crippen LogP contribution in [0.2, 0.25) is 0 Å². The molecule has 0 atom stereocenters. The van der Waals surface area contributed by atoms with Gasteiger partial charge in [0, 0.05) is 19.2 Å². The smallest absolute Gasteiger partial charge is 0.163 e. The first kappa shape index (κ1) is 9.92. The molecule has 0 bridgehead atoms. The Labute approximate surface area is 88.3 Å². The Morgan fingerprint density at radius 3 is 2.47 bits per heavy atom. The summed E-state index contributed by atoms with van der Waals surface area (Å²) >= 11 is 0. The third-order valence-corrected chi connectivity index (χ3v) is 2.30. The van der Waals surface area contributed by atoms with Crippen molar-refractivity contribution >= 4 is 11.4 Å². The summed E-state index contributed by atoms with van der Waals surface area (Å²) in [5, 5.41) is 1.58. The summed E-state index contributed by atoms with van der Waals surface area (Å²) in [6.45, 7) is 1.12. The highest BCUT2D eigenvalue weighted by Gasteiger charge is 2.16. The van der Waals surface area contributed by atoms with Gasteiger partial charge in [0.05, 0.1) is 18.5 Å². The summed E-state index contributed by atoms with van der Waals surface area (Å²) in [4.78, 5) is 5.07. The molecule has 1 aromatic rings. The predicted octanol–water partition coefficient (Wildman–Crippen LogP) is 1.04. The van der Waals surface area contributed by atoms with E-state index in [-0.39, 0.29) is 0 Å². The van der Waals surface area contributed by atoms with E-state index < -0.39 is 0 Å². The number of benzene rings is 1. The molecule has 5 nitrogen and oxygen atoms in total. The van der Waals surface area contributed by atoms with E-state index in [0.29, 0.717) is 30.4 Å². The highest BCUT2D eigenvalue weighted by atomic mass is 16.7. The second-order valence-corrected chi connectivity index (χ2v) is 3.23. The Balaban J connectivity index is 2.40. The van der Waals surface area contributed by atoms with Crippen molar-refractivity contribution in [2.75, 3.05) is 38.2 Å². The van der Waals surface area contributed by atoms with Crippen LogP contribution in [0.25, 0.3) is 0 Å². The number of nitrogens with two attached hydrogens (primary N) is 1. The maximum atomic E-state index is 5.86. The average molecular weight is 210 g/mol. The number of hydrogen-bond acceptors (Lipinski definition) is 5. The molecule has 0 saturated carbocycles. The fourth-order valence-electron chi connectivity index (χ4n) is 1.46. The van der Waals surface area contributed by atoms with E-state index in [0.717, 1.165) is 5.69 Å². The summed E-state index contributed by atoms with van der Waals surface area (Å²) in [6, 6.07) is 3.56.